The lowest BCUT2D eigenvalue weighted by Crippen LogP contribution is -2.61. The molecular weight excluding hydrogens is 473 g/mol. The van der Waals surface area contributed by atoms with Gasteiger partial charge in [-0.25, -0.2) is 4.98 Å². The average molecular weight is 499 g/mol. The van der Waals surface area contributed by atoms with Gasteiger partial charge in [0.2, 0.25) is 5.91 Å². The van der Waals surface area contributed by atoms with E-state index in [1.165, 1.54) is 12.6 Å². The minimum atomic E-state index is -4.67. The number of hydrogen-bond acceptors (Lipinski definition) is 4. The Bertz CT molecular complexity index is 1050. The Balaban J connectivity index is 1.45. The predicted octanol–water partition coefficient (Wildman–Crippen LogP) is 3.53. The number of piperazine rings is 1. The minimum Gasteiger partial charge on any atom is -0.394 e. The topological polar surface area (TPSA) is 89.5 Å². The fourth-order valence-corrected chi connectivity index (χ4v) is 5.42. The SMILES string of the molecule is O=C1CN(C(=O)c2ncc(C(F)(F)F)cc(C3CC3)c[nH]c2Cl)C(CO)CN1C1CC2CC2C1. The van der Waals surface area contributed by atoms with Crippen LogP contribution >= 0.6 is 11.6 Å². The Labute approximate surface area is 199 Å². The third-order valence-corrected chi connectivity index (χ3v) is 7.70. The van der Waals surface area contributed by atoms with E-state index in [0.717, 1.165) is 36.6 Å². The molecule has 0 bridgehead atoms. The van der Waals surface area contributed by atoms with Crippen LogP contribution in [0.4, 0.5) is 13.2 Å². The van der Waals surface area contributed by atoms with Crippen molar-refractivity contribution in [1.82, 2.24) is 19.8 Å². The summed E-state index contributed by atoms with van der Waals surface area (Å²) in [5.74, 6) is 0.272. The molecule has 3 saturated carbocycles. The lowest BCUT2D eigenvalue weighted by molar-refractivity contribution is -0.140. The quantitative estimate of drug-likeness (QED) is 0.664. The number of carbonyl (C=O) groups excluding carboxylic acids is 2. The van der Waals surface area contributed by atoms with Gasteiger partial charge < -0.3 is 19.9 Å². The summed E-state index contributed by atoms with van der Waals surface area (Å²) < 4.78 is 40.7. The highest BCUT2D eigenvalue weighted by molar-refractivity contribution is 6.32. The van der Waals surface area contributed by atoms with E-state index in [-0.39, 0.29) is 36.1 Å². The normalized spacial score (nSPS) is 28.6. The van der Waals surface area contributed by atoms with E-state index in [1.807, 2.05) is 0 Å². The molecule has 4 fully saturated rings. The molecule has 7 nitrogen and oxygen atoms in total. The number of aliphatic hydroxyl groups is 1. The molecule has 1 saturated heterocycles. The first-order valence-electron chi connectivity index (χ1n) is 11.6. The molecule has 0 aromatic carbocycles. The second kappa shape index (κ2) is 8.71. The smallest absolute Gasteiger partial charge is 0.394 e. The zero-order valence-corrected chi connectivity index (χ0v) is 19.1. The molecule has 1 aromatic rings. The Hall–Kier alpha value is -2.33. The maximum Gasteiger partial charge on any atom is 0.417 e. The highest BCUT2D eigenvalue weighted by atomic mass is 35.5. The van der Waals surface area contributed by atoms with Crippen LogP contribution in [-0.2, 0) is 11.0 Å². The number of nitrogens with zero attached hydrogens (tertiary/aromatic N) is 3. The number of fused-ring (bicyclic) bond motifs is 1. The van der Waals surface area contributed by atoms with Crippen molar-refractivity contribution in [1.29, 1.82) is 0 Å². The largest absolute Gasteiger partial charge is 0.417 e. The summed E-state index contributed by atoms with van der Waals surface area (Å²) >= 11 is 6.28. The highest BCUT2D eigenvalue weighted by Gasteiger charge is 2.50. The van der Waals surface area contributed by atoms with Crippen molar-refractivity contribution in [3.63, 3.8) is 0 Å². The molecule has 5 rings (SSSR count). The van der Waals surface area contributed by atoms with E-state index < -0.39 is 36.0 Å². The molecule has 11 heteroatoms. The zero-order chi connectivity index (χ0) is 24.2. The first-order chi connectivity index (χ1) is 16.2. The summed E-state index contributed by atoms with van der Waals surface area (Å²) in [7, 11) is 0. The van der Waals surface area contributed by atoms with Gasteiger partial charge in [0.05, 0.1) is 18.2 Å². The van der Waals surface area contributed by atoms with Gasteiger partial charge in [-0.05, 0) is 61.5 Å². The number of amides is 2. The van der Waals surface area contributed by atoms with Gasteiger partial charge in [-0.2, -0.15) is 13.2 Å². The lowest BCUT2D eigenvalue weighted by atomic mass is 10.1. The standard InChI is InChI=1S/C23H26ClF3N4O3/c24-21-20(28-8-16(23(25,26)27)4-15(7-29-21)12-1-2-12)22(34)31-10-19(33)30(9-18(31)11-32)17-5-13-3-14(13)6-17/h4,7-8,12-14,17-18,29,32H,1-3,5-6,9-11H2. The molecule has 34 heavy (non-hydrogen) atoms. The van der Waals surface area contributed by atoms with Gasteiger partial charge in [0.25, 0.3) is 5.91 Å². The summed E-state index contributed by atoms with van der Waals surface area (Å²) in [5, 5.41) is 9.74. The second-order valence-corrected chi connectivity index (χ2v) is 10.2. The second-order valence-electron chi connectivity index (χ2n) is 9.78. The molecule has 2 heterocycles. The van der Waals surface area contributed by atoms with Crippen LogP contribution in [0.2, 0.25) is 5.15 Å². The summed E-state index contributed by atoms with van der Waals surface area (Å²) in [6.45, 7) is -0.507. The van der Waals surface area contributed by atoms with Gasteiger partial charge in [-0.15, -0.1) is 0 Å². The number of H-pyrrole nitrogens is 1. The third-order valence-electron chi connectivity index (χ3n) is 7.41. The molecule has 4 aliphatic rings. The molecule has 2 N–H and O–H groups in total. The van der Waals surface area contributed by atoms with Crippen molar-refractivity contribution >= 4 is 23.4 Å². The number of rotatable bonds is 4. The van der Waals surface area contributed by atoms with Crippen molar-refractivity contribution in [2.75, 3.05) is 19.7 Å². The number of halogens is 4. The molecule has 0 spiro atoms. The lowest BCUT2D eigenvalue weighted by Gasteiger charge is -2.43. The number of aromatic amines is 1. The van der Waals surface area contributed by atoms with E-state index in [4.69, 9.17) is 11.6 Å². The van der Waals surface area contributed by atoms with E-state index in [2.05, 4.69) is 9.97 Å². The van der Waals surface area contributed by atoms with E-state index in [0.29, 0.717) is 23.6 Å². The van der Waals surface area contributed by atoms with Crippen LogP contribution in [0.3, 0.4) is 0 Å². The van der Waals surface area contributed by atoms with Crippen molar-refractivity contribution in [2.24, 2.45) is 11.8 Å². The third kappa shape index (κ3) is 4.62. The molecule has 0 radical (unpaired) electrons. The summed E-state index contributed by atoms with van der Waals surface area (Å²) in [6, 6.07) is 0.425. The van der Waals surface area contributed by atoms with E-state index in [1.54, 1.807) is 4.90 Å². The predicted molar refractivity (Wildman–Crippen MR) is 116 cm³/mol. The summed E-state index contributed by atoms with van der Waals surface area (Å²) in [5.41, 5.74) is -1.01. The van der Waals surface area contributed by atoms with Crippen LogP contribution in [0.25, 0.3) is 0 Å². The van der Waals surface area contributed by atoms with Gasteiger partial charge in [0.1, 0.15) is 11.7 Å². The van der Waals surface area contributed by atoms with Crippen LogP contribution in [0.5, 0.6) is 0 Å². The van der Waals surface area contributed by atoms with Crippen LogP contribution < -0.4 is 0 Å². The number of hydrogen-bond donors (Lipinski definition) is 2. The first-order valence-corrected chi connectivity index (χ1v) is 11.9. The van der Waals surface area contributed by atoms with Gasteiger partial charge in [0.15, 0.2) is 5.69 Å². The maximum absolute atomic E-state index is 13.6. The molecular formula is C23H26ClF3N4O3. The Morgan fingerprint density at radius 1 is 1.24 bits per heavy atom. The molecule has 3 aliphatic carbocycles. The number of alkyl halides is 3. The van der Waals surface area contributed by atoms with Crippen molar-refractivity contribution in [2.45, 2.75) is 56.3 Å². The number of carbonyl (C=O) groups is 2. The monoisotopic (exact) mass is 498 g/mol. The first kappa shape index (κ1) is 23.4. The van der Waals surface area contributed by atoms with Gasteiger partial charge in [-0.3, -0.25) is 9.59 Å². The van der Waals surface area contributed by atoms with Crippen molar-refractivity contribution in [3.05, 3.63) is 40.4 Å². The van der Waals surface area contributed by atoms with Crippen LogP contribution in [0.15, 0.2) is 18.5 Å². The Kier molecular flexibility index (Phi) is 6.00. The van der Waals surface area contributed by atoms with Crippen LogP contribution in [0.1, 0.15) is 59.6 Å². The van der Waals surface area contributed by atoms with Gasteiger partial charge in [-0.1, -0.05) is 11.6 Å². The number of aliphatic hydroxyl groups excluding tert-OH is 1. The zero-order valence-electron chi connectivity index (χ0n) is 18.4. The molecule has 2 amide bonds. The fraction of sp³-hybridized carbons (Fsp3) is 0.609. The summed E-state index contributed by atoms with van der Waals surface area (Å²) in [4.78, 5) is 35.7. The number of nitrogens with one attached hydrogen (secondary N) is 1. The Morgan fingerprint density at radius 2 is 1.94 bits per heavy atom. The average Bonchev–Trinajstić information content (AvgIpc) is 3.72. The molecule has 1 aliphatic heterocycles. The van der Waals surface area contributed by atoms with Gasteiger partial charge in [0, 0.05) is 25.0 Å². The molecule has 3 unspecified atom stereocenters. The molecule has 184 valence electrons. The minimum absolute atomic E-state index is 0.00828. The fourth-order valence-electron chi connectivity index (χ4n) is 5.23. The van der Waals surface area contributed by atoms with Crippen molar-refractivity contribution < 1.29 is 27.9 Å². The van der Waals surface area contributed by atoms with Crippen molar-refractivity contribution in [3.8, 4) is 0 Å². The molecule has 1 aromatic heterocycles. The van der Waals surface area contributed by atoms with E-state index in [9.17, 15) is 27.9 Å². The van der Waals surface area contributed by atoms with Gasteiger partial charge >= 0.3 is 6.18 Å². The Morgan fingerprint density at radius 3 is 2.56 bits per heavy atom. The molecule has 3 atom stereocenters. The van der Waals surface area contributed by atoms with Crippen LogP contribution in [0, 0.1) is 11.8 Å². The summed E-state index contributed by atoms with van der Waals surface area (Å²) in [6.07, 6.45) is 1.92. The number of aromatic nitrogens is 2. The van der Waals surface area contributed by atoms with E-state index >= 15 is 0 Å². The highest BCUT2D eigenvalue weighted by Crippen LogP contribution is 2.53. The maximum atomic E-state index is 13.6. The van der Waals surface area contributed by atoms with Crippen LogP contribution in [-0.4, -0.2) is 68.5 Å².